The van der Waals surface area contributed by atoms with Gasteiger partial charge in [-0.1, -0.05) is 24.9 Å². The molecule has 1 aliphatic carbocycles. The molecule has 1 spiro atoms. The van der Waals surface area contributed by atoms with Gasteiger partial charge in [0.05, 0.1) is 22.4 Å². The van der Waals surface area contributed by atoms with Crippen molar-refractivity contribution in [3.8, 4) is 17.1 Å². The van der Waals surface area contributed by atoms with Crippen molar-refractivity contribution in [1.29, 1.82) is 0 Å². The second kappa shape index (κ2) is 11.3. The van der Waals surface area contributed by atoms with Crippen molar-refractivity contribution in [2.75, 3.05) is 37.7 Å². The molecule has 8 nitrogen and oxygen atoms in total. The number of nitrogens with zero attached hydrogens (tertiary/aromatic N) is 4. The monoisotopic (exact) mass is 571 g/mol. The zero-order valence-corrected chi connectivity index (χ0v) is 24.5. The Balaban J connectivity index is 1.45. The van der Waals surface area contributed by atoms with Crippen LogP contribution in [0.3, 0.4) is 0 Å². The Morgan fingerprint density at radius 1 is 1.27 bits per heavy atom. The van der Waals surface area contributed by atoms with Gasteiger partial charge in [0.25, 0.3) is 0 Å². The van der Waals surface area contributed by atoms with E-state index in [0.717, 1.165) is 43.7 Å². The molecular weight excluding hydrogens is 533 g/mol. The Morgan fingerprint density at radius 2 is 1.98 bits per heavy atom. The number of allylic oxidation sites excluding steroid dienone is 2. The SMILES string of the molecule is CCC[C@@H](O)COc1ccc(Cl)c(-c2nc(C(C(C)=O)=C(C)N)c(C)c(N3CC4(CC(N5CC(F)C5)C4)C3)n2)c1. The summed E-state index contributed by atoms with van der Waals surface area (Å²) in [4.78, 5) is 26.9. The number of ketones is 1. The van der Waals surface area contributed by atoms with E-state index in [9.17, 15) is 14.3 Å². The predicted octanol–water partition coefficient (Wildman–Crippen LogP) is 4.55. The van der Waals surface area contributed by atoms with Gasteiger partial charge in [0.15, 0.2) is 11.6 Å². The number of rotatable bonds is 10. The molecule has 1 aromatic heterocycles. The number of likely N-dealkylation sites (tertiary alicyclic amines) is 1. The highest BCUT2D eigenvalue weighted by Gasteiger charge is 2.55. The fourth-order valence-electron chi connectivity index (χ4n) is 6.31. The predicted molar refractivity (Wildman–Crippen MR) is 155 cm³/mol. The number of aromatic nitrogens is 2. The molecule has 3 N–H and O–H groups in total. The minimum Gasteiger partial charge on any atom is -0.491 e. The average Bonchev–Trinajstić information content (AvgIpc) is 2.82. The topological polar surface area (TPSA) is 105 Å². The van der Waals surface area contributed by atoms with E-state index in [1.807, 2.05) is 13.8 Å². The molecule has 5 rings (SSSR count). The summed E-state index contributed by atoms with van der Waals surface area (Å²) in [5.74, 6) is 1.50. The molecule has 2 saturated heterocycles. The molecule has 216 valence electrons. The molecule has 0 amide bonds. The van der Waals surface area contributed by atoms with Crippen LogP contribution in [0, 0.1) is 12.3 Å². The maximum Gasteiger partial charge on any atom is 0.163 e. The molecular formula is C30H39ClFN5O3. The molecule has 1 aromatic carbocycles. The van der Waals surface area contributed by atoms with Crippen LogP contribution < -0.4 is 15.4 Å². The Labute approximate surface area is 240 Å². The van der Waals surface area contributed by atoms with Gasteiger partial charge in [0.2, 0.25) is 0 Å². The zero-order chi connectivity index (χ0) is 28.8. The highest BCUT2D eigenvalue weighted by Crippen LogP contribution is 2.52. The summed E-state index contributed by atoms with van der Waals surface area (Å²) in [5, 5.41) is 10.6. The molecule has 3 fully saturated rings. The van der Waals surface area contributed by atoms with Crippen LogP contribution in [-0.2, 0) is 4.79 Å². The number of nitrogens with two attached hydrogens (primary N) is 1. The van der Waals surface area contributed by atoms with Gasteiger partial charge in [-0.15, -0.1) is 0 Å². The third-order valence-electron chi connectivity index (χ3n) is 8.42. The van der Waals surface area contributed by atoms with Crippen LogP contribution >= 0.6 is 11.6 Å². The number of Topliss-reactive ketones (excluding diaryl/α,β-unsaturated/α-hetero) is 1. The molecule has 10 heteroatoms. The van der Waals surface area contributed by atoms with E-state index < -0.39 is 12.3 Å². The lowest BCUT2D eigenvalue weighted by Crippen LogP contribution is -2.69. The van der Waals surface area contributed by atoms with Crippen molar-refractivity contribution in [3.05, 3.63) is 40.2 Å². The van der Waals surface area contributed by atoms with Crippen molar-refractivity contribution < 1.29 is 19.0 Å². The van der Waals surface area contributed by atoms with Gasteiger partial charge < -0.3 is 20.5 Å². The summed E-state index contributed by atoms with van der Waals surface area (Å²) >= 11 is 6.64. The number of hydrogen-bond donors (Lipinski definition) is 2. The third-order valence-corrected chi connectivity index (χ3v) is 8.75. The lowest BCUT2D eigenvalue weighted by molar-refractivity contribution is -0.111. The molecule has 3 heterocycles. The van der Waals surface area contributed by atoms with Gasteiger partial charge in [-0.2, -0.15) is 0 Å². The molecule has 2 aliphatic heterocycles. The summed E-state index contributed by atoms with van der Waals surface area (Å²) < 4.78 is 19.2. The Morgan fingerprint density at radius 3 is 2.58 bits per heavy atom. The van der Waals surface area contributed by atoms with E-state index in [1.54, 1.807) is 25.1 Å². The number of aliphatic hydroxyl groups excluding tert-OH is 1. The normalized spacial score (nSPS) is 20.4. The van der Waals surface area contributed by atoms with Gasteiger partial charge in [-0.3, -0.25) is 9.69 Å². The van der Waals surface area contributed by atoms with E-state index in [0.29, 0.717) is 64.7 Å². The molecule has 2 aromatic rings. The van der Waals surface area contributed by atoms with Gasteiger partial charge in [-0.05, 0) is 58.2 Å². The van der Waals surface area contributed by atoms with Crippen LogP contribution in [0.25, 0.3) is 17.0 Å². The number of ether oxygens (including phenoxy) is 1. The van der Waals surface area contributed by atoms with Crippen LogP contribution in [-0.4, -0.2) is 76.9 Å². The van der Waals surface area contributed by atoms with Crippen LogP contribution in [0.5, 0.6) is 5.75 Å². The van der Waals surface area contributed by atoms with Gasteiger partial charge >= 0.3 is 0 Å². The molecule has 1 saturated carbocycles. The second-order valence-electron chi connectivity index (χ2n) is 11.8. The van der Waals surface area contributed by atoms with E-state index >= 15 is 0 Å². The lowest BCUT2D eigenvalue weighted by atomic mass is 9.59. The van der Waals surface area contributed by atoms with Crippen molar-refractivity contribution in [3.63, 3.8) is 0 Å². The number of carbonyl (C=O) groups excluding carboxylic acids is 1. The first-order valence-electron chi connectivity index (χ1n) is 14.1. The summed E-state index contributed by atoms with van der Waals surface area (Å²) in [6.45, 7) is 10.1. The smallest absolute Gasteiger partial charge is 0.163 e. The number of anilines is 1. The molecule has 0 bridgehead atoms. The van der Waals surface area contributed by atoms with Crippen molar-refractivity contribution in [2.45, 2.75) is 71.7 Å². The van der Waals surface area contributed by atoms with Gasteiger partial charge in [0, 0.05) is 54.5 Å². The number of carbonyl (C=O) groups is 1. The van der Waals surface area contributed by atoms with E-state index in [4.69, 9.17) is 32.0 Å². The largest absolute Gasteiger partial charge is 0.491 e. The number of aliphatic hydroxyl groups is 1. The Kier molecular flexibility index (Phi) is 8.10. The molecule has 3 aliphatic rings. The maximum atomic E-state index is 13.3. The minimum atomic E-state index is -0.679. The number of hydrogen-bond acceptors (Lipinski definition) is 8. The first kappa shape index (κ1) is 28.8. The molecule has 1 atom stereocenters. The van der Waals surface area contributed by atoms with Crippen molar-refractivity contribution in [2.24, 2.45) is 11.1 Å². The van der Waals surface area contributed by atoms with Crippen LogP contribution in [0.4, 0.5) is 10.2 Å². The summed E-state index contributed by atoms with van der Waals surface area (Å²) in [6.07, 6.45) is 2.41. The third kappa shape index (κ3) is 5.56. The molecule has 0 radical (unpaired) electrons. The zero-order valence-electron chi connectivity index (χ0n) is 23.7. The lowest BCUT2D eigenvalue weighted by Gasteiger charge is -2.63. The summed E-state index contributed by atoms with van der Waals surface area (Å²) in [5.41, 5.74) is 9.01. The Bertz CT molecular complexity index is 1310. The number of halogens is 2. The standard InChI is InChI=1S/C30H39ClFN5O3/c1-5-6-22(39)14-40-23-7-8-25(31)24(9-23)28-34-27(26(18(3)33)19(4)38)17(2)29(35-28)37-15-30(16-37)10-21(11-30)36-12-20(32)13-36/h7-9,20-22,39H,5-6,10-16,33H2,1-4H3/t22-/m1/s1. The average molecular weight is 572 g/mol. The van der Waals surface area contributed by atoms with Crippen molar-refractivity contribution in [1.82, 2.24) is 14.9 Å². The Hall–Kier alpha value is -2.75. The van der Waals surface area contributed by atoms with E-state index in [2.05, 4.69) is 9.80 Å². The van der Waals surface area contributed by atoms with Gasteiger partial charge in [-0.25, -0.2) is 14.4 Å². The van der Waals surface area contributed by atoms with E-state index in [-0.39, 0.29) is 17.8 Å². The maximum absolute atomic E-state index is 13.3. The van der Waals surface area contributed by atoms with Crippen LogP contribution in [0.2, 0.25) is 5.02 Å². The summed E-state index contributed by atoms with van der Waals surface area (Å²) in [7, 11) is 0. The first-order valence-corrected chi connectivity index (χ1v) is 14.5. The van der Waals surface area contributed by atoms with Gasteiger partial charge in [0.1, 0.15) is 24.3 Å². The van der Waals surface area contributed by atoms with E-state index in [1.165, 1.54) is 6.92 Å². The first-order chi connectivity index (χ1) is 19.0. The fourth-order valence-corrected chi connectivity index (χ4v) is 6.51. The minimum absolute atomic E-state index is 0.171. The van der Waals surface area contributed by atoms with Crippen molar-refractivity contribution >= 4 is 28.8 Å². The molecule has 0 unspecified atom stereocenters. The fraction of sp³-hybridized carbons (Fsp3) is 0.567. The highest BCUT2D eigenvalue weighted by atomic mass is 35.5. The second-order valence-corrected chi connectivity index (χ2v) is 12.2. The molecule has 40 heavy (non-hydrogen) atoms. The quantitative estimate of drug-likeness (QED) is 0.400. The van der Waals surface area contributed by atoms with Crippen LogP contribution in [0.15, 0.2) is 23.9 Å². The summed E-state index contributed by atoms with van der Waals surface area (Å²) in [6, 6.07) is 5.71. The highest BCUT2D eigenvalue weighted by molar-refractivity contribution is 6.33. The van der Waals surface area contributed by atoms with Crippen LogP contribution in [0.1, 0.15) is 57.7 Å². The number of alkyl halides is 1. The number of benzene rings is 1.